The number of hydrogen-bond donors (Lipinski definition) is 1. The van der Waals surface area contributed by atoms with Gasteiger partial charge in [-0.25, -0.2) is 26.8 Å². The first-order valence-electron chi connectivity index (χ1n) is 11.8. The topological polar surface area (TPSA) is 155 Å². The van der Waals surface area contributed by atoms with Crippen LogP contribution in [0.3, 0.4) is 0 Å². The summed E-state index contributed by atoms with van der Waals surface area (Å²) in [5.41, 5.74) is 0.387. The van der Waals surface area contributed by atoms with Crippen molar-refractivity contribution < 1.29 is 26.3 Å². The summed E-state index contributed by atoms with van der Waals surface area (Å²) in [5, 5.41) is 7.78. The van der Waals surface area contributed by atoms with E-state index in [2.05, 4.69) is 24.9 Å². The summed E-state index contributed by atoms with van der Waals surface area (Å²) < 4.78 is 66.3. The summed E-state index contributed by atoms with van der Waals surface area (Å²) in [6, 6.07) is 5.12. The van der Waals surface area contributed by atoms with Gasteiger partial charge in [-0.2, -0.15) is 0 Å². The predicted octanol–water partition coefficient (Wildman–Crippen LogP) is 2.64. The Labute approximate surface area is 226 Å². The lowest BCUT2D eigenvalue weighted by Gasteiger charge is -2.21. The number of ether oxygens (including phenoxy) is 2. The second kappa shape index (κ2) is 11.0. The van der Waals surface area contributed by atoms with E-state index in [9.17, 15) is 16.8 Å². The van der Waals surface area contributed by atoms with Gasteiger partial charge in [-0.15, -0.1) is 10.2 Å². The molecule has 15 heteroatoms. The van der Waals surface area contributed by atoms with Crippen molar-refractivity contribution in [2.45, 2.75) is 37.9 Å². The number of nitrogens with zero attached hydrogens (tertiary/aromatic N) is 5. The van der Waals surface area contributed by atoms with E-state index >= 15 is 0 Å². The number of nitrogens with one attached hydrogen (secondary N) is 1. The average Bonchev–Trinajstić information content (AvgIpc) is 3.43. The van der Waals surface area contributed by atoms with Crippen LogP contribution in [0.25, 0.3) is 5.69 Å². The van der Waals surface area contributed by atoms with E-state index in [1.54, 1.807) is 32.0 Å². The maximum Gasteiger partial charge on any atom is 0.243 e. The number of benzene rings is 1. The Morgan fingerprint density at radius 3 is 2.32 bits per heavy atom. The van der Waals surface area contributed by atoms with Crippen LogP contribution < -0.4 is 14.2 Å². The molecule has 0 radical (unpaired) electrons. The molecular weight excluding hydrogens is 556 g/mol. The van der Waals surface area contributed by atoms with Gasteiger partial charge in [0, 0.05) is 24.7 Å². The third-order valence-corrected chi connectivity index (χ3v) is 10.5. The molecule has 206 valence electrons. The van der Waals surface area contributed by atoms with Gasteiger partial charge < -0.3 is 9.47 Å². The summed E-state index contributed by atoms with van der Waals surface area (Å²) in [7, 11) is -4.21. The normalized spacial score (nSPS) is 18.6. The molecular formula is C23H29ClN6O6S2. The fraction of sp³-hybridized carbons (Fsp3) is 0.478. The molecule has 1 aliphatic heterocycles. The van der Waals surface area contributed by atoms with Crippen molar-refractivity contribution in [3.05, 3.63) is 47.3 Å². The smallest absolute Gasteiger partial charge is 0.243 e. The summed E-state index contributed by atoms with van der Waals surface area (Å²) in [4.78, 5) is 8.31. The number of methoxy groups -OCH3 is 2. The zero-order chi connectivity index (χ0) is 27.7. The average molecular weight is 585 g/mol. The van der Waals surface area contributed by atoms with Gasteiger partial charge in [0.25, 0.3) is 0 Å². The molecule has 4 rings (SSSR count). The van der Waals surface area contributed by atoms with Crippen LogP contribution in [0.1, 0.15) is 37.8 Å². The Morgan fingerprint density at radius 1 is 1.13 bits per heavy atom. The number of hydrogen-bond acceptors (Lipinski definition) is 10. The molecule has 2 aromatic heterocycles. The Morgan fingerprint density at radius 2 is 1.76 bits per heavy atom. The van der Waals surface area contributed by atoms with E-state index in [-0.39, 0.29) is 29.8 Å². The van der Waals surface area contributed by atoms with Gasteiger partial charge >= 0.3 is 0 Å². The molecule has 1 fully saturated rings. The van der Waals surface area contributed by atoms with Gasteiger partial charge in [0.1, 0.15) is 28.8 Å². The Hall–Kier alpha value is -2.97. The van der Waals surface area contributed by atoms with Crippen LogP contribution in [0.4, 0.5) is 5.95 Å². The van der Waals surface area contributed by atoms with E-state index in [0.717, 1.165) is 0 Å². The summed E-state index contributed by atoms with van der Waals surface area (Å²) in [6.07, 6.45) is 3.56. The monoisotopic (exact) mass is 584 g/mol. The summed E-state index contributed by atoms with van der Waals surface area (Å²) in [6.45, 7) is 3.24. The van der Waals surface area contributed by atoms with E-state index in [4.69, 9.17) is 21.1 Å². The highest BCUT2D eigenvalue weighted by molar-refractivity contribution is 7.93. The molecule has 38 heavy (non-hydrogen) atoms. The molecule has 1 saturated heterocycles. The first-order chi connectivity index (χ1) is 18.0. The van der Waals surface area contributed by atoms with E-state index < -0.39 is 31.0 Å². The second-order valence-electron chi connectivity index (χ2n) is 9.16. The Kier molecular flexibility index (Phi) is 8.14. The molecule has 0 bridgehead atoms. The maximum atomic E-state index is 13.5. The molecule has 0 aliphatic carbocycles. The largest absolute Gasteiger partial charge is 0.494 e. The quantitative estimate of drug-likeness (QED) is 0.376. The minimum Gasteiger partial charge on any atom is -0.494 e. The van der Waals surface area contributed by atoms with Gasteiger partial charge in [0.15, 0.2) is 9.84 Å². The van der Waals surface area contributed by atoms with Crippen LogP contribution in [0, 0.1) is 5.92 Å². The molecule has 1 aliphatic rings. The van der Waals surface area contributed by atoms with Crippen LogP contribution in [-0.2, 0) is 26.3 Å². The van der Waals surface area contributed by atoms with Crippen molar-refractivity contribution in [2.24, 2.45) is 5.92 Å². The van der Waals surface area contributed by atoms with Crippen LogP contribution in [0.5, 0.6) is 11.5 Å². The highest BCUT2D eigenvalue weighted by atomic mass is 35.5. The molecule has 1 aromatic carbocycles. The van der Waals surface area contributed by atoms with Crippen LogP contribution in [0.2, 0.25) is 5.02 Å². The van der Waals surface area contributed by atoms with Crippen molar-refractivity contribution in [2.75, 3.05) is 30.4 Å². The highest BCUT2D eigenvalue weighted by Crippen LogP contribution is 2.37. The number of sulfone groups is 1. The third kappa shape index (κ3) is 5.86. The number of halogens is 1. The van der Waals surface area contributed by atoms with Crippen molar-refractivity contribution in [3.8, 4) is 17.2 Å². The molecule has 0 saturated carbocycles. The van der Waals surface area contributed by atoms with E-state index in [0.29, 0.717) is 40.3 Å². The van der Waals surface area contributed by atoms with E-state index in [1.165, 1.54) is 31.2 Å². The first kappa shape index (κ1) is 28.0. The Balaban J connectivity index is 1.75. The lowest BCUT2D eigenvalue weighted by molar-refractivity contribution is 0.390. The third-order valence-electron chi connectivity index (χ3n) is 6.63. The molecule has 2 unspecified atom stereocenters. The first-order valence-corrected chi connectivity index (χ1v) is 15.6. The summed E-state index contributed by atoms with van der Waals surface area (Å²) in [5.74, 6) is 0.753. The van der Waals surface area contributed by atoms with Gasteiger partial charge in [0.05, 0.1) is 36.0 Å². The van der Waals surface area contributed by atoms with Crippen molar-refractivity contribution in [1.82, 2.24) is 24.7 Å². The van der Waals surface area contributed by atoms with E-state index in [1.807, 2.05) is 0 Å². The van der Waals surface area contributed by atoms with Crippen molar-refractivity contribution in [3.63, 3.8) is 0 Å². The van der Waals surface area contributed by atoms with Gasteiger partial charge in [-0.1, -0.05) is 24.6 Å². The number of sulfonamides is 1. The van der Waals surface area contributed by atoms with Gasteiger partial charge in [-0.3, -0.25) is 9.29 Å². The minimum atomic E-state index is -4.04. The molecule has 0 amide bonds. The van der Waals surface area contributed by atoms with Gasteiger partial charge in [0.2, 0.25) is 16.0 Å². The van der Waals surface area contributed by atoms with Crippen LogP contribution >= 0.6 is 11.6 Å². The molecule has 3 atom stereocenters. The van der Waals surface area contributed by atoms with Gasteiger partial charge in [-0.05, 0) is 31.4 Å². The predicted molar refractivity (Wildman–Crippen MR) is 142 cm³/mol. The molecule has 12 nitrogen and oxygen atoms in total. The summed E-state index contributed by atoms with van der Waals surface area (Å²) >= 11 is 5.87. The zero-order valence-electron chi connectivity index (χ0n) is 21.3. The number of para-hydroxylation sites is 1. The highest BCUT2D eigenvalue weighted by Gasteiger charge is 2.34. The number of rotatable bonds is 10. The molecule has 3 heterocycles. The standard InChI is InChI=1S/C23H29ClN6O6S2/c1-14(22-25-11-17(24)12-26-22)15(2)38(33,34)29-23-28-27-20(10-16-8-9-37(31,32)13-16)30(23)21-18(35-3)6-5-7-19(21)36-4/h5-7,11-12,14-16H,8-10,13H2,1-4H3,(H,28,29)/t14?,15?,16-/m1/s1. The number of aromatic nitrogens is 5. The minimum absolute atomic E-state index is 0.0274. The van der Waals surface area contributed by atoms with Crippen molar-refractivity contribution in [1.29, 1.82) is 0 Å². The lowest BCUT2D eigenvalue weighted by Crippen LogP contribution is -2.31. The van der Waals surface area contributed by atoms with Crippen LogP contribution in [-0.4, -0.2) is 72.5 Å². The SMILES string of the molecule is COc1cccc(OC)c1-n1c(C[C@H]2CCS(=O)(=O)C2)nnc1NS(=O)(=O)C(C)C(C)c1ncc(Cl)cn1. The fourth-order valence-corrected chi connectivity index (χ4v) is 7.54. The maximum absolute atomic E-state index is 13.5. The second-order valence-corrected chi connectivity index (χ2v) is 13.9. The van der Waals surface area contributed by atoms with Crippen LogP contribution in [0.15, 0.2) is 30.6 Å². The lowest BCUT2D eigenvalue weighted by atomic mass is 10.0. The number of anilines is 1. The molecule has 3 aromatic rings. The fourth-order valence-electron chi connectivity index (χ4n) is 4.35. The van der Waals surface area contributed by atoms with Crippen molar-refractivity contribution >= 4 is 37.4 Å². The zero-order valence-corrected chi connectivity index (χ0v) is 23.7. The molecule has 0 spiro atoms. The Bertz CT molecular complexity index is 1490. The molecule has 1 N–H and O–H groups in total.